The van der Waals surface area contributed by atoms with Gasteiger partial charge in [0.15, 0.2) is 0 Å². The Labute approximate surface area is 79.9 Å². The predicted octanol–water partition coefficient (Wildman–Crippen LogP) is 2.03. The second-order valence-corrected chi connectivity index (χ2v) is 3.64. The van der Waals surface area contributed by atoms with Gasteiger partial charge in [-0.15, -0.1) is 0 Å². The summed E-state index contributed by atoms with van der Waals surface area (Å²) in [6, 6.07) is 0. The number of rotatable bonds is 5. The molecule has 13 heavy (non-hydrogen) atoms. The second kappa shape index (κ2) is 5.02. The summed E-state index contributed by atoms with van der Waals surface area (Å²) in [7, 11) is 0. The fraction of sp³-hybridized carbons (Fsp3) is 0.700. The van der Waals surface area contributed by atoms with Gasteiger partial charge in [0.05, 0.1) is 6.20 Å². The summed E-state index contributed by atoms with van der Waals surface area (Å²) < 4.78 is 0. The number of aromatic amines is 1. The fourth-order valence-corrected chi connectivity index (χ4v) is 1.36. The van der Waals surface area contributed by atoms with Crippen molar-refractivity contribution >= 4 is 0 Å². The molecule has 0 spiro atoms. The van der Waals surface area contributed by atoms with E-state index in [1.165, 1.54) is 17.7 Å². The molecule has 0 aliphatic rings. The number of hydrogen-bond acceptors (Lipinski definition) is 2. The maximum absolute atomic E-state index is 4.06. The molecule has 1 aromatic rings. The maximum Gasteiger partial charge on any atom is 0.0535 e. The molecule has 1 heterocycles. The van der Waals surface area contributed by atoms with Crippen LogP contribution in [0.5, 0.6) is 0 Å². The highest BCUT2D eigenvalue weighted by Crippen LogP contribution is 2.15. The lowest BCUT2D eigenvalue weighted by Crippen LogP contribution is -2.14. The molecule has 1 rings (SSSR count). The molecule has 0 radical (unpaired) electrons. The highest BCUT2D eigenvalue weighted by atomic mass is 15.1. The third-order valence-corrected chi connectivity index (χ3v) is 2.07. The Kier molecular flexibility index (Phi) is 3.96. The summed E-state index contributed by atoms with van der Waals surface area (Å²) in [5.41, 5.74) is 2.55. The summed E-state index contributed by atoms with van der Waals surface area (Å²) in [4.78, 5) is 0. The molecule has 0 atom stereocenters. The minimum absolute atomic E-state index is 0.529. The summed E-state index contributed by atoms with van der Waals surface area (Å²) in [5.74, 6) is 0.529. The molecule has 0 amide bonds. The molecule has 1 aromatic heterocycles. The Hall–Kier alpha value is -0.830. The first kappa shape index (κ1) is 10.3. The van der Waals surface area contributed by atoms with Crippen LogP contribution in [0.3, 0.4) is 0 Å². The zero-order chi connectivity index (χ0) is 9.68. The van der Waals surface area contributed by atoms with E-state index in [0.29, 0.717) is 5.92 Å². The average molecular weight is 181 g/mol. The lowest BCUT2D eigenvalue weighted by molar-refractivity contribution is 0.665. The van der Waals surface area contributed by atoms with E-state index >= 15 is 0 Å². The Morgan fingerprint density at radius 1 is 1.54 bits per heavy atom. The first-order valence-electron chi connectivity index (χ1n) is 4.98. The third-order valence-electron chi connectivity index (χ3n) is 2.07. The molecule has 0 saturated carbocycles. The zero-order valence-electron chi connectivity index (χ0n) is 8.72. The van der Waals surface area contributed by atoms with Crippen molar-refractivity contribution < 1.29 is 0 Å². The Bertz CT molecular complexity index is 240. The quantitative estimate of drug-likeness (QED) is 0.682. The number of hydrogen-bond donors (Lipinski definition) is 2. The van der Waals surface area contributed by atoms with Crippen LogP contribution in [0.4, 0.5) is 0 Å². The van der Waals surface area contributed by atoms with Crippen molar-refractivity contribution in [2.45, 2.75) is 39.7 Å². The third kappa shape index (κ3) is 2.84. The van der Waals surface area contributed by atoms with Crippen LogP contribution in [-0.4, -0.2) is 16.7 Å². The largest absolute Gasteiger partial charge is 0.313 e. The molecule has 2 N–H and O–H groups in total. The van der Waals surface area contributed by atoms with E-state index in [2.05, 4.69) is 36.3 Å². The first-order valence-corrected chi connectivity index (χ1v) is 4.98. The molecule has 3 nitrogen and oxygen atoms in total. The second-order valence-electron chi connectivity index (χ2n) is 3.64. The van der Waals surface area contributed by atoms with Gasteiger partial charge in [-0.2, -0.15) is 5.10 Å². The highest BCUT2D eigenvalue weighted by Gasteiger charge is 2.07. The molecular formula is C10H19N3. The van der Waals surface area contributed by atoms with Crippen molar-refractivity contribution in [2.75, 3.05) is 6.54 Å². The molecule has 0 saturated heterocycles. The van der Waals surface area contributed by atoms with E-state index in [0.717, 1.165) is 13.1 Å². The van der Waals surface area contributed by atoms with E-state index in [1.54, 1.807) is 0 Å². The van der Waals surface area contributed by atoms with Crippen LogP contribution >= 0.6 is 0 Å². The van der Waals surface area contributed by atoms with Gasteiger partial charge in [-0.05, 0) is 18.9 Å². The van der Waals surface area contributed by atoms with E-state index in [1.807, 2.05) is 6.20 Å². The minimum atomic E-state index is 0.529. The monoisotopic (exact) mass is 181 g/mol. The molecule has 3 heteroatoms. The van der Waals surface area contributed by atoms with Gasteiger partial charge in [-0.3, -0.25) is 5.10 Å². The molecule has 74 valence electrons. The van der Waals surface area contributed by atoms with E-state index < -0.39 is 0 Å². The van der Waals surface area contributed by atoms with Gasteiger partial charge in [0, 0.05) is 17.8 Å². The lowest BCUT2D eigenvalue weighted by atomic mass is 10.1. The van der Waals surface area contributed by atoms with E-state index in [-0.39, 0.29) is 0 Å². The Morgan fingerprint density at radius 2 is 2.31 bits per heavy atom. The molecular weight excluding hydrogens is 162 g/mol. The standard InChI is InChI=1S/C10H19N3/c1-4-5-11-6-9-7-12-13-10(9)8(2)3/h7-8,11H,4-6H2,1-3H3,(H,12,13). The predicted molar refractivity (Wildman–Crippen MR) is 54.7 cm³/mol. The smallest absolute Gasteiger partial charge is 0.0535 e. The molecule has 0 unspecified atom stereocenters. The molecule has 0 aromatic carbocycles. The van der Waals surface area contributed by atoms with Gasteiger partial charge in [0.25, 0.3) is 0 Å². The average Bonchev–Trinajstić information content (AvgIpc) is 2.53. The summed E-state index contributed by atoms with van der Waals surface area (Å²) in [5, 5.41) is 10.5. The fourth-order valence-electron chi connectivity index (χ4n) is 1.36. The van der Waals surface area contributed by atoms with Crippen molar-refractivity contribution in [2.24, 2.45) is 0 Å². The van der Waals surface area contributed by atoms with Crippen LogP contribution in [0.25, 0.3) is 0 Å². The SMILES string of the molecule is CCCNCc1cn[nH]c1C(C)C. The normalized spacial score (nSPS) is 11.1. The van der Waals surface area contributed by atoms with Gasteiger partial charge in [0.2, 0.25) is 0 Å². The number of nitrogens with one attached hydrogen (secondary N) is 2. The van der Waals surface area contributed by atoms with Crippen LogP contribution in [0.2, 0.25) is 0 Å². The summed E-state index contributed by atoms with van der Waals surface area (Å²) in [6.07, 6.45) is 3.09. The van der Waals surface area contributed by atoms with Crippen LogP contribution in [0.1, 0.15) is 44.4 Å². The van der Waals surface area contributed by atoms with Crippen molar-refractivity contribution in [1.82, 2.24) is 15.5 Å². The number of H-pyrrole nitrogens is 1. The highest BCUT2D eigenvalue weighted by molar-refractivity contribution is 5.18. The molecule has 0 bridgehead atoms. The topological polar surface area (TPSA) is 40.7 Å². The van der Waals surface area contributed by atoms with Crippen molar-refractivity contribution in [3.8, 4) is 0 Å². The van der Waals surface area contributed by atoms with Gasteiger partial charge < -0.3 is 5.32 Å². The Morgan fingerprint density at radius 3 is 2.92 bits per heavy atom. The van der Waals surface area contributed by atoms with Gasteiger partial charge >= 0.3 is 0 Å². The molecule has 0 aliphatic carbocycles. The van der Waals surface area contributed by atoms with Crippen LogP contribution in [-0.2, 0) is 6.54 Å². The van der Waals surface area contributed by atoms with Gasteiger partial charge in [0.1, 0.15) is 0 Å². The first-order chi connectivity index (χ1) is 6.25. The van der Waals surface area contributed by atoms with E-state index in [4.69, 9.17) is 0 Å². The maximum atomic E-state index is 4.06. The van der Waals surface area contributed by atoms with E-state index in [9.17, 15) is 0 Å². The van der Waals surface area contributed by atoms with Gasteiger partial charge in [-0.1, -0.05) is 20.8 Å². The van der Waals surface area contributed by atoms with Crippen molar-refractivity contribution in [1.29, 1.82) is 0 Å². The van der Waals surface area contributed by atoms with Gasteiger partial charge in [-0.25, -0.2) is 0 Å². The zero-order valence-corrected chi connectivity index (χ0v) is 8.72. The van der Waals surface area contributed by atoms with Crippen LogP contribution in [0, 0.1) is 0 Å². The number of nitrogens with zero attached hydrogens (tertiary/aromatic N) is 1. The van der Waals surface area contributed by atoms with Crippen molar-refractivity contribution in [3.63, 3.8) is 0 Å². The van der Waals surface area contributed by atoms with Crippen LogP contribution in [0.15, 0.2) is 6.20 Å². The molecule has 0 fully saturated rings. The Balaban J connectivity index is 2.50. The summed E-state index contributed by atoms with van der Waals surface area (Å²) in [6.45, 7) is 8.53. The lowest BCUT2D eigenvalue weighted by Gasteiger charge is -2.06. The minimum Gasteiger partial charge on any atom is -0.313 e. The number of aromatic nitrogens is 2. The van der Waals surface area contributed by atoms with Crippen molar-refractivity contribution in [3.05, 3.63) is 17.5 Å². The molecule has 0 aliphatic heterocycles. The van der Waals surface area contributed by atoms with Crippen LogP contribution < -0.4 is 5.32 Å². The summed E-state index contributed by atoms with van der Waals surface area (Å²) >= 11 is 0.